The Hall–Kier alpha value is -1.81. The third-order valence-corrected chi connectivity index (χ3v) is 3.04. The van der Waals surface area contributed by atoms with Crippen molar-refractivity contribution < 1.29 is 31.1 Å². The predicted molar refractivity (Wildman–Crippen MR) is 75.0 cm³/mol. The van der Waals surface area contributed by atoms with Gasteiger partial charge in [-0.3, -0.25) is 9.52 Å². The quantitative estimate of drug-likeness (QED) is 0.830. The number of ether oxygens (including phenoxy) is 1. The van der Waals surface area contributed by atoms with Crippen molar-refractivity contribution in [3.63, 3.8) is 0 Å². The van der Waals surface area contributed by atoms with E-state index in [4.69, 9.17) is 0 Å². The van der Waals surface area contributed by atoms with Gasteiger partial charge in [0.15, 0.2) is 0 Å². The first-order valence-corrected chi connectivity index (χ1v) is 7.90. The molecule has 0 aliphatic carbocycles. The Morgan fingerprint density at radius 1 is 1.27 bits per heavy atom. The highest BCUT2D eigenvalue weighted by Crippen LogP contribution is 2.34. The molecule has 0 saturated carbocycles. The minimum atomic E-state index is -4.62. The summed E-state index contributed by atoms with van der Waals surface area (Å²) in [5, 5.41) is 2.23. The van der Waals surface area contributed by atoms with Crippen molar-refractivity contribution in [1.82, 2.24) is 0 Å². The molecule has 22 heavy (non-hydrogen) atoms. The largest absolute Gasteiger partial charge is 0.416 e. The van der Waals surface area contributed by atoms with Crippen LogP contribution < -0.4 is 10.0 Å². The normalized spacial score (nSPS) is 12.0. The number of hydrogen-bond acceptors (Lipinski definition) is 4. The van der Waals surface area contributed by atoms with Crippen molar-refractivity contribution in [2.75, 3.05) is 30.0 Å². The Labute approximate surface area is 125 Å². The van der Waals surface area contributed by atoms with Gasteiger partial charge in [-0.15, -0.1) is 0 Å². The Bertz CT molecular complexity index is 644. The number of amides is 1. The van der Waals surface area contributed by atoms with Crippen molar-refractivity contribution in [3.05, 3.63) is 23.8 Å². The summed E-state index contributed by atoms with van der Waals surface area (Å²) in [6.45, 7) is 0.0830. The topological polar surface area (TPSA) is 84.5 Å². The fourth-order valence-corrected chi connectivity index (χ4v) is 2.10. The van der Waals surface area contributed by atoms with E-state index in [1.807, 2.05) is 4.72 Å². The van der Waals surface area contributed by atoms with Gasteiger partial charge in [-0.1, -0.05) is 0 Å². The molecule has 0 unspecified atom stereocenters. The summed E-state index contributed by atoms with van der Waals surface area (Å²) in [5.41, 5.74) is -1.43. The molecular formula is C12H15F3N2O4S. The molecule has 0 fully saturated rings. The fraction of sp³-hybridized carbons (Fsp3) is 0.417. The van der Waals surface area contributed by atoms with E-state index < -0.39 is 27.7 Å². The second-order valence-electron chi connectivity index (χ2n) is 4.42. The van der Waals surface area contributed by atoms with Crippen molar-refractivity contribution in [2.24, 2.45) is 0 Å². The lowest BCUT2D eigenvalue weighted by molar-refractivity contribution is -0.137. The third-order valence-electron chi connectivity index (χ3n) is 2.45. The maximum absolute atomic E-state index is 12.7. The summed E-state index contributed by atoms with van der Waals surface area (Å²) in [4.78, 5) is 11.6. The number of hydrogen-bond donors (Lipinski definition) is 2. The molecule has 124 valence electrons. The van der Waals surface area contributed by atoms with Gasteiger partial charge in [0.1, 0.15) is 0 Å². The zero-order valence-corrected chi connectivity index (χ0v) is 12.6. The molecule has 1 aromatic carbocycles. The van der Waals surface area contributed by atoms with Gasteiger partial charge in [0.2, 0.25) is 15.9 Å². The zero-order chi connectivity index (χ0) is 17.0. The average molecular weight is 340 g/mol. The van der Waals surface area contributed by atoms with E-state index >= 15 is 0 Å². The van der Waals surface area contributed by atoms with E-state index in [9.17, 15) is 26.4 Å². The molecule has 0 bridgehead atoms. The van der Waals surface area contributed by atoms with Crippen LogP contribution in [0.1, 0.15) is 12.0 Å². The first-order chi connectivity index (χ1) is 10.0. The highest BCUT2D eigenvalue weighted by Gasteiger charge is 2.31. The monoisotopic (exact) mass is 340 g/mol. The maximum Gasteiger partial charge on any atom is 0.416 e. The lowest BCUT2D eigenvalue weighted by Gasteiger charge is -2.15. The summed E-state index contributed by atoms with van der Waals surface area (Å²) < 4.78 is 67.3. The second-order valence-corrected chi connectivity index (χ2v) is 6.17. The molecule has 0 heterocycles. The van der Waals surface area contributed by atoms with Gasteiger partial charge in [-0.25, -0.2) is 8.42 Å². The van der Waals surface area contributed by atoms with Crippen LogP contribution in [-0.2, 0) is 25.7 Å². The Kier molecular flexibility index (Phi) is 5.78. The van der Waals surface area contributed by atoms with Crippen LogP contribution in [0.4, 0.5) is 24.5 Å². The van der Waals surface area contributed by atoms with E-state index in [-0.39, 0.29) is 24.4 Å². The van der Waals surface area contributed by atoms with Crippen molar-refractivity contribution in [1.29, 1.82) is 0 Å². The van der Waals surface area contributed by atoms with Gasteiger partial charge >= 0.3 is 6.18 Å². The van der Waals surface area contributed by atoms with E-state index in [2.05, 4.69) is 10.1 Å². The molecule has 0 radical (unpaired) electrons. The highest BCUT2D eigenvalue weighted by molar-refractivity contribution is 7.92. The number of carbonyl (C=O) groups is 1. The van der Waals surface area contributed by atoms with Gasteiger partial charge in [-0.2, -0.15) is 13.2 Å². The molecule has 0 spiro atoms. The Balaban J connectivity index is 3.14. The van der Waals surface area contributed by atoms with Gasteiger partial charge in [0.25, 0.3) is 0 Å². The highest BCUT2D eigenvalue weighted by atomic mass is 32.2. The number of carbonyl (C=O) groups excluding carboxylic acids is 1. The molecule has 1 aromatic rings. The molecule has 0 saturated heterocycles. The lowest BCUT2D eigenvalue weighted by Crippen LogP contribution is -2.18. The molecule has 1 rings (SSSR count). The summed E-state index contributed by atoms with van der Waals surface area (Å²) in [7, 11) is -2.34. The molecule has 2 N–H and O–H groups in total. The number of anilines is 2. The van der Waals surface area contributed by atoms with Crippen molar-refractivity contribution >= 4 is 27.3 Å². The van der Waals surface area contributed by atoms with Crippen LogP contribution in [0.15, 0.2) is 18.2 Å². The smallest absolute Gasteiger partial charge is 0.384 e. The van der Waals surface area contributed by atoms with E-state index in [0.29, 0.717) is 6.07 Å². The first kappa shape index (κ1) is 18.2. The molecule has 6 nitrogen and oxygen atoms in total. The van der Waals surface area contributed by atoms with Gasteiger partial charge in [-0.05, 0) is 18.2 Å². The lowest BCUT2D eigenvalue weighted by atomic mass is 10.1. The summed E-state index contributed by atoms with van der Waals surface area (Å²) >= 11 is 0. The molecule has 10 heteroatoms. The van der Waals surface area contributed by atoms with Crippen LogP contribution in [0.25, 0.3) is 0 Å². The number of rotatable bonds is 6. The molecular weight excluding hydrogens is 325 g/mol. The number of methoxy groups -OCH3 is 1. The Morgan fingerprint density at radius 3 is 2.41 bits per heavy atom. The van der Waals surface area contributed by atoms with Crippen molar-refractivity contribution in [2.45, 2.75) is 12.6 Å². The summed E-state index contributed by atoms with van der Waals surface area (Å²) in [6, 6.07) is 2.33. The minimum Gasteiger partial charge on any atom is -0.384 e. The molecule has 0 aliphatic rings. The fourth-order valence-electron chi connectivity index (χ4n) is 1.52. The van der Waals surface area contributed by atoms with Gasteiger partial charge in [0, 0.05) is 7.11 Å². The van der Waals surface area contributed by atoms with E-state index in [0.717, 1.165) is 18.4 Å². The molecule has 0 aliphatic heterocycles. The summed E-state index contributed by atoms with van der Waals surface area (Å²) in [5.74, 6) is -0.599. The van der Waals surface area contributed by atoms with Crippen molar-refractivity contribution in [3.8, 4) is 0 Å². The van der Waals surface area contributed by atoms with Crippen LogP contribution in [0, 0.1) is 0 Å². The summed E-state index contributed by atoms with van der Waals surface area (Å²) in [6.07, 6.45) is -3.85. The minimum absolute atomic E-state index is 0.0783. The number of alkyl halides is 3. The molecule has 1 amide bonds. The van der Waals surface area contributed by atoms with Crippen LogP contribution in [-0.4, -0.2) is 34.3 Å². The SMILES string of the molecule is COCCC(=O)Nc1cc(C(F)(F)F)ccc1NS(C)(=O)=O. The third kappa shape index (κ3) is 5.90. The standard InChI is InChI=1S/C12H15F3N2O4S/c1-21-6-5-11(18)16-10-7-8(12(13,14)15)3-4-9(10)17-22(2,19)20/h3-4,7,17H,5-6H2,1-2H3,(H,16,18). The number of nitrogens with one attached hydrogen (secondary N) is 2. The Morgan fingerprint density at radius 2 is 1.91 bits per heavy atom. The zero-order valence-electron chi connectivity index (χ0n) is 11.8. The van der Waals surface area contributed by atoms with Crippen LogP contribution >= 0.6 is 0 Å². The van der Waals surface area contributed by atoms with E-state index in [1.165, 1.54) is 7.11 Å². The second kappa shape index (κ2) is 6.97. The van der Waals surface area contributed by atoms with Crippen LogP contribution in [0.2, 0.25) is 0 Å². The molecule has 0 aromatic heterocycles. The van der Waals surface area contributed by atoms with Gasteiger partial charge < -0.3 is 10.1 Å². The number of halogens is 3. The number of sulfonamides is 1. The molecule has 0 atom stereocenters. The van der Waals surface area contributed by atoms with Crippen LogP contribution in [0.3, 0.4) is 0 Å². The number of benzene rings is 1. The van der Waals surface area contributed by atoms with Crippen LogP contribution in [0.5, 0.6) is 0 Å². The maximum atomic E-state index is 12.7. The first-order valence-electron chi connectivity index (χ1n) is 6.01. The average Bonchev–Trinajstić information content (AvgIpc) is 2.35. The predicted octanol–water partition coefficient (Wildman–Crippen LogP) is 2.05. The van der Waals surface area contributed by atoms with Gasteiger partial charge in [0.05, 0.1) is 36.2 Å². The van der Waals surface area contributed by atoms with E-state index in [1.54, 1.807) is 0 Å².